The third-order valence-electron chi connectivity index (χ3n) is 17.6. The maximum Gasteiger partial charge on any atom is 0.496 e. The number of ether oxygens (including phenoxy) is 3. The van der Waals surface area contributed by atoms with Crippen LogP contribution in [0.15, 0.2) is 82.8 Å². The van der Waals surface area contributed by atoms with Gasteiger partial charge in [0.2, 0.25) is 17.6 Å². The Balaban J connectivity index is 0.000000713. The van der Waals surface area contributed by atoms with E-state index in [2.05, 4.69) is 91.6 Å². The molecular weight excluding hydrogens is 1800 g/mol. The number of halogens is 24. The quantitative estimate of drug-likeness (QED) is 0.0719. The van der Waals surface area contributed by atoms with E-state index in [9.17, 15) is 92.2 Å². The van der Waals surface area contributed by atoms with Crippen LogP contribution < -0.4 is 19.7 Å². The van der Waals surface area contributed by atoms with Crippen LogP contribution in [0.4, 0.5) is 92.2 Å². The van der Waals surface area contributed by atoms with Crippen LogP contribution in [0.3, 0.4) is 0 Å². The Morgan fingerprint density at radius 3 is 1.04 bits per heavy atom. The van der Waals surface area contributed by atoms with Crippen LogP contribution in [-0.4, -0.2) is 166 Å². The van der Waals surface area contributed by atoms with Gasteiger partial charge in [0, 0.05) is 57.2 Å². The van der Waals surface area contributed by atoms with Crippen molar-refractivity contribution in [1.82, 2.24) is 59.1 Å². The summed E-state index contributed by atoms with van der Waals surface area (Å²) in [4.78, 5) is 21.4. The summed E-state index contributed by atoms with van der Waals surface area (Å²) in [5, 5.41) is 22.0. The lowest BCUT2D eigenvalue weighted by Crippen LogP contribution is -2.45. The zero-order chi connectivity index (χ0) is 88.4. The molecule has 1 N–H and O–H groups in total. The lowest BCUT2D eigenvalue weighted by molar-refractivity contribution is -0.245. The van der Waals surface area contributed by atoms with Gasteiger partial charge in [0.05, 0.1) is 51.7 Å². The molecule has 0 aromatic carbocycles. The Hall–Kier alpha value is -7.21. The molecule has 0 saturated carbocycles. The van der Waals surface area contributed by atoms with Gasteiger partial charge in [-0.1, -0.05) is 41.3 Å². The van der Waals surface area contributed by atoms with E-state index in [-0.39, 0.29) is 85.3 Å². The average Bonchev–Trinajstić information content (AvgIpc) is 1.60. The summed E-state index contributed by atoms with van der Waals surface area (Å²) >= 11 is 11.4. The molecule has 0 bridgehead atoms. The predicted octanol–water partition coefficient (Wildman–Crippen LogP) is 20.9. The Labute approximate surface area is 696 Å². The van der Waals surface area contributed by atoms with Crippen LogP contribution >= 0.6 is 43.5 Å². The fourth-order valence-corrected chi connectivity index (χ4v) is 8.85. The SMILES string of the molecule is C.C.C.C.CC(C)(O)C(F)(F)F.CC(C)(Oc1ncc(-c2cn3c(C(F)F)nnc3cn2)cc1F)C(F)(F)F.CC(C)(Oc1ncc(B2OC(C)(C)C(C)(C)O2)cc1F)C(F)(F)F.CC(C)(Oc1ncc(Br)cc1F)C(F)(F)F.CC1(C)OB(B2OC(C)(C)C(C)(C)O2)OC1(C)C.FC(F)c1nnc2cnc(Cl)cn12.Fc1cc(Br)cnc1F. The minimum atomic E-state index is -4.74. The number of fused-ring (bicyclic) bond motifs is 2. The average molecular weight is 1890 g/mol. The highest BCUT2D eigenvalue weighted by Crippen LogP contribution is 2.45. The Bertz CT molecular complexity index is 4550. The number of nitrogens with zero attached hydrogens (tertiary/aromatic N) is 12. The molecular formula is C70H91B3Br2ClF21N12O10. The first-order valence-electron chi connectivity index (χ1n) is 33.2. The third-order valence-corrected chi connectivity index (χ3v) is 18.6. The number of rotatable bonds is 11. The Morgan fingerprint density at radius 2 is 0.723 bits per heavy atom. The number of alkyl halides is 16. The molecule has 119 heavy (non-hydrogen) atoms. The molecule has 22 nitrogen and oxygen atoms in total. The Kier molecular flexibility index (Phi) is 36.9. The smallest absolute Gasteiger partial charge is 0.460 e. The molecule has 8 aromatic rings. The van der Waals surface area contributed by atoms with Crippen molar-refractivity contribution in [3.63, 3.8) is 0 Å². The largest absolute Gasteiger partial charge is 0.496 e. The maximum atomic E-state index is 14.2. The minimum absolute atomic E-state index is 0. The normalized spacial score (nSPS) is 16.5. The van der Waals surface area contributed by atoms with E-state index < -0.39 is 151 Å². The maximum absolute atomic E-state index is 14.2. The van der Waals surface area contributed by atoms with E-state index >= 15 is 0 Å². The molecule has 8 aromatic heterocycles. The first kappa shape index (κ1) is 110. The second kappa shape index (κ2) is 40.0. The van der Waals surface area contributed by atoms with Gasteiger partial charge in [0.1, 0.15) is 5.15 Å². The van der Waals surface area contributed by atoms with E-state index in [0.717, 1.165) is 99.4 Å². The van der Waals surface area contributed by atoms with E-state index in [0.29, 0.717) is 22.8 Å². The van der Waals surface area contributed by atoms with E-state index in [1.54, 1.807) is 0 Å². The van der Waals surface area contributed by atoms with E-state index in [1.807, 2.05) is 83.1 Å². The fraction of sp³-hybridized carbons (Fsp3) is 0.571. The van der Waals surface area contributed by atoms with Crippen LogP contribution in [-0.2, 0) is 27.9 Å². The highest BCUT2D eigenvalue weighted by Gasteiger charge is 2.64. The molecule has 0 aliphatic carbocycles. The van der Waals surface area contributed by atoms with Gasteiger partial charge in [-0.2, -0.15) is 57.1 Å². The summed E-state index contributed by atoms with van der Waals surface area (Å²) in [6.07, 6.45) is -14.7. The molecule has 3 aliphatic rings. The second-order valence-electron chi connectivity index (χ2n) is 29.8. The minimum Gasteiger partial charge on any atom is -0.460 e. The molecule has 0 spiro atoms. The summed E-state index contributed by atoms with van der Waals surface area (Å²) < 4.78 is 316. The molecule has 49 heteroatoms. The van der Waals surface area contributed by atoms with E-state index in [4.69, 9.17) is 49.4 Å². The number of hydrogen-bond acceptors (Lipinski definition) is 20. The molecule has 0 radical (unpaired) electrons. The fourth-order valence-electron chi connectivity index (χ4n) is 8.10. The predicted molar refractivity (Wildman–Crippen MR) is 407 cm³/mol. The topological polar surface area (TPSA) is 241 Å². The molecule has 0 amide bonds. The molecule has 3 aliphatic heterocycles. The zero-order valence-electron chi connectivity index (χ0n) is 64.4. The molecule has 3 saturated heterocycles. The van der Waals surface area contributed by atoms with Crippen LogP contribution in [0.1, 0.15) is 193 Å². The molecule has 668 valence electrons. The summed E-state index contributed by atoms with van der Waals surface area (Å²) in [6.45, 7) is 29.6. The van der Waals surface area contributed by atoms with Gasteiger partial charge in [-0.05, 0) is 195 Å². The monoisotopic (exact) mass is 1880 g/mol. The van der Waals surface area contributed by atoms with Crippen LogP contribution in [0.2, 0.25) is 5.15 Å². The van der Waals surface area contributed by atoms with Crippen LogP contribution in [0.5, 0.6) is 17.6 Å². The first-order valence-corrected chi connectivity index (χ1v) is 35.1. The van der Waals surface area contributed by atoms with Crippen molar-refractivity contribution >= 4 is 81.4 Å². The van der Waals surface area contributed by atoms with Crippen molar-refractivity contribution in [3.05, 3.63) is 129 Å². The van der Waals surface area contributed by atoms with Gasteiger partial charge < -0.3 is 47.2 Å². The highest BCUT2D eigenvalue weighted by atomic mass is 79.9. The van der Waals surface area contributed by atoms with Gasteiger partial charge in [-0.15, -0.1) is 20.4 Å². The van der Waals surface area contributed by atoms with Crippen LogP contribution in [0.25, 0.3) is 22.6 Å². The number of hydrogen-bond donors (Lipinski definition) is 1. The second-order valence-corrected chi connectivity index (χ2v) is 32.0. The summed E-state index contributed by atoms with van der Waals surface area (Å²) in [6, 6.07) is 3.85. The molecule has 0 atom stereocenters. The van der Waals surface area contributed by atoms with Gasteiger partial charge >= 0.3 is 45.8 Å². The highest BCUT2D eigenvalue weighted by molar-refractivity contribution is 9.10. The van der Waals surface area contributed by atoms with Gasteiger partial charge in [0.15, 0.2) is 57.0 Å². The standard InChI is InChI=1S/C15H20BF4NO3.C15H11F6N5O.C12H24B2O4.C9H8BrF4NO.C6H3ClF2N4.C5H2BrF2N.C4H7F3O.4CH4/c1-12(2)13(3,4)24-16(23-12)9-7-10(17)11(21-8-9)22-14(5,6)15(18,19)20;1-14(2,15(19,20)21)27-13-8(16)3-7(4-23-13)9-6-26-10(5-22-9)24-25-12(26)11(17)18;1-9(2)10(3,4)16-13(15-9)14-17-11(5,6)12(7,8)18-14;1-8(2,9(12,13)14)16-7-6(11)3-5(10)4-15-7;7-3-2-13-4(1-10-3)11-12-6(13)5(8)9;6-3-1-4(7)5(8)9-2-3;1-3(2,8)4(5,6)7;;;;/h7-8H,1-6H3;3-6,11H,1-2H3;1-8H3;3-4H,1-2H3;1-2,5H;1-2H;8H,1-2H3;4*1H4. The van der Waals surface area contributed by atoms with Crippen molar-refractivity contribution < 1.29 is 139 Å². The van der Waals surface area contributed by atoms with Crippen molar-refractivity contribution in [2.24, 2.45) is 0 Å². The van der Waals surface area contributed by atoms with Crippen molar-refractivity contribution in [2.75, 3.05) is 0 Å². The molecule has 0 unspecified atom stereocenters. The van der Waals surface area contributed by atoms with Gasteiger partial charge in [-0.25, -0.2) is 60.0 Å². The van der Waals surface area contributed by atoms with Crippen molar-refractivity contribution in [1.29, 1.82) is 0 Å². The molecule has 11 rings (SSSR count). The number of aromatic nitrogens is 12. The number of pyridine rings is 4. The summed E-state index contributed by atoms with van der Waals surface area (Å²) in [5.41, 5.74) is -12.3. The summed E-state index contributed by atoms with van der Waals surface area (Å²) in [7, 11) is -1.81. The van der Waals surface area contributed by atoms with Crippen LogP contribution in [0, 0.1) is 29.2 Å². The number of aliphatic hydroxyl groups is 1. The first-order chi connectivity index (χ1) is 51.8. The Morgan fingerprint density at radius 1 is 0.412 bits per heavy atom. The lowest BCUT2D eigenvalue weighted by atomic mass is 9.49. The van der Waals surface area contributed by atoms with Gasteiger partial charge in [0.25, 0.3) is 30.5 Å². The third kappa shape index (κ3) is 27.9. The molecule has 11 heterocycles. The lowest BCUT2D eigenvalue weighted by Gasteiger charge is -2.32. The van der Waals surface area contributed by atoms with Gasteiger partial charge in [-0.3, -0.25) is 13.8 Å². The summed E-state index contributed by atoms with van der Waals surface area (Å²) in [5.74, 6) is -8.45. The van der Waals surface area contributed by atoms with E-state index in [1.165, 1.54) is 24.8 Å². The molecule has 3 fully saturated rings. The van der Waals surface area contributed by atoms with Crippen molar-refractivity contribution in [3.8, 4) is 28.9 Å². The zero-order valence-corrected chi connectivity index (χ0v) is 68.3. The van der Waals surface area contributed by atoms with Crippen molar-refractivity contribution in [2.45, 2.75) is 262 Å².